The highest BCUT2D eigenvalue weighted by molar-refractivity contribution is 7.47. The first-order valence-electron chi connectivity index (χ1n) is 39.1. The van der Waals surface area contributed by atoms with E-state index in [0.717, 1.165) is 173 Å². The summed E-state index contributed by atoms with van der Waals surface area (Å²) in [5.41, 5.74) is 0. The Bertz CT molecular complexity index is 2320. The average Bonchev–Trinajstić information content (AvgIpc) is 0.985. The highest BCUT2D eigenvalue weighted by Gasteiger charge is 2.30. The molecule has 0 aromatic carbocycles. The second-order valence-corrected chi connectivity index (χ2v) is 28.8. The lowest BCUT2D eigenvalue weighted by Crippen LogP contribution is -2.30. The Kier molecular flexibility index (Phi) is 69.9. The van der Waals surface area contributed by atoms with Crippen molar-refractivity contribution in [2.75, 3.05) is 39.6 Å². The monoisotopic (exact) mass is 1450 g/mol. The summed E-state index contributed by atoms with van der Waals surface area (Å²) in [6, 6.07) is 0. The first-order chi connectivity index (χ1) is 48.7. The third-order valence-corrected chi connectivity index (χ3v) is 18.1. The fraction of sp³-hybridized carbons (Fsp3) is 0.728. The minimum Gasteiger partial charge on any atom is -0.462 e. The van der Waals surface area contributed by atoms with Crippen LogP contribution in [0.4, 0.5) is 0 Å². The third-order valence-electron chi connectivity index (χ3n) is 16.2. The van der Waals surface area contributed by atoms with Gasteiger partial charge in [-0.1, -0.05) is 259 Å². The van der Waals surface area contributed by atoms with E-state index < -0.39 is 97.5 Å². The second kappa shape index (κ2) is 73.0. The zero-order valence-electron chi connectivity index (χ0n) is 62.8. The standard InChI is InChI=1S/C81H140O17P2/c1-5-9-13-17-21-25-29-32-35-36-37-38-41-43-47-50-54-58-62-66-79(84)92-72-77(98-81(86)68-64-60-56-52-48-44-40-34-31-27-23-19-15-11-7-3)74-96-100(89,90)94-70-75(82)69-93-99(87,88)95-73-76(97-80(85)67-63-59-55-51-45-28-24-20-16-12-8-4)71-91-78(83)65-61-57-53-49-46-42-39-33-30-26-22-18-14-10-6-2/h9,13,20-22,24-26,32-35,37-40,43,47,75-77,82H,5-8,10-12,14-19,23,27-31,36,41-42,44-46,48-74H2,1-4H3,(H,87,88)(H,89,90)/b13-9-,24-20-,25-21-,26-22-,35-32-,38-37-,39-33-,40-34-,47-43-. The lowest BCUT2D eigenvalue weighted by molar-refractivity contribution is -0.161. The molecule has 0 bridgehead atoms. The van der Waals surface area contributed by atoms with Crippen LogP contribution in [0.1, 0.15) is 323 Å². The number of aliphatic hydroxyl groups excluding tert-OH is 1. The second-order valence-electron chi connectivity index (χ2n) is 25.9. The molecule has 0 aromatic rings. The van der Waals surface area contributed by atoms with E-state index in [4.69, 9.17) is 37.0 Å². The Balaban J connectivity index is 5.37. The van der Waals surface area contributed by atoms with Crippen LogP contribution in [0, 0.1) is 0 Å². The number of phosphoric acid groups is 2. The highest BCUT2D eigenvalue weighted by atomic mass is 31.2. The van der Waals surface area contributed by atoms with Gasteiger partial charge in [-0.05, 0) is 148 Å². The van der Waals surface area contributed by atoms with Gasteiger partial charge in [0.2, 0.25) is 0 Å². The van der Waals surface area contributed by atoms with Crippen LogP contribution >= 0.6 is 15.6 Å². The van der Waals surface area contributed by atoms with Gasteiger partial charge in [-0.3, -0.25) is 37.3 Å². The Morgan fingerprint density at radius 1 is 0.290 bits per heavy atom. The molecular weight excluding hydrogens is 1310 g/mol. The summed E-state index contributed by atoms with van der Waals surface area (Å²) < 4.78 is 68.5. The van der Waals surface area contributed by atoms with Crippen molar-refractivity contribution < 1.29 is 80.2 Å². The molecule has 19 heteroatoms. The Hall–Kier alpha value is -4.28. The van der Waals surface area contributed by atoms with Crippen molar-refractivity contribution in [2.24, 2.45) is 0 Å². The number of allylic oxidation sites excluding steroid dienone is 18. The van der Waals surface area contributed by atoms with Gasteiger partial charge < -0.3 is 33.8 Å². The van der Waals surface area contributed by atoms with Crippen molar-refractivity contribution in [2.45, 2.75) is 341 Å². The molecule has 17 nitrogen and oxygen atoms in total. The maximum Gasteiger partial charge on any atom is 0.472 e. The van der Waals surface area contributed by atoms with Gasteiger partial charge in [-0.25, -0.2) is 9.13 Å². The summed E-state index contributed by atoms with van der Waals surface area (Å²) in [6.45, 7) is 4.63. The van der Waals surface area contributed by atoms with Gasteiger partial charge in [-0.15, -0.1) is 0 Å². The molecule has 0 amide bonds. The van der Waals surface area contributed by atoms with Gasteiger partial charge in [-0.2, -0.15) is 0 Å². The first-order valence-corrected chi connectivity index (χ1v) is 42.1. The molecule has 0 radical (unpaired) electrons. The molecule has 0 aliphatic heterocycles. The van der Waals surface area contributed by atoms with Crippen molar-refractivity contribution in [1.82, 2.24) is 0 Å². The molecule has 5 unspecified atom stereocenters. The zero-order valence-corrected chi connectivity index (χ0v) is 64.6. The van der Waals surface area contributed by atoms with Gasteiger partial charge in [0.15, 0.2) is 12.2 Å². The van der Waals surface area contributed by atoms with Gasteiger partial charge in [0.1, 0.15) is 19.3 Å². The fourth-order valence-electron chi connectivity index (χ4n) is 10.2. The molecule has 0 saturated carbocycles. The van der Waals surface area contributed by atoms with Crippen LogP contribution in [-0.4, -0.2) is 96.7 Å². The minimum atomic E-state index is -4.99. The number of aliphatic hydroxyl groups is 1. The quantitative estimate of drug-likeness (QED) is 0.0169. The smallest absolute Gasteiger partial charge is 0.462 e. The Labute approximate surface area is 607 Å². The van der Waals surface area contributed by atoms with Gasteiger partial charge >= 0.3 is 39.5 Å². The SMILES string of the molecule is CC/C=C\C/C=C\C/C=C\C/C=C\C/C=C\CCCCCC(=O)OCC(COP(=O)(O)OCC(O)COP(=O)(O)OCC(COC(=O)CCCCCCC/C=C\C/C=C\CCCCC)OC(=O)CCCCCCC/C=C\CCCC)OC(=O)CCCCCCC/C=C\CCCCCCCC. The number of hydrogen-bond acceptors (Lipinski definition) is 15. The van der Waals surface area contributed by atoms with E-state index >= 15 is 0 Å². The molecule has 0 saturated heterocycles. The van der Waals surface area contributed by atoms with E-state index in [1.807, 2.05) is 0 Å². The Morgan fingerprint density at radius 3 is 0.870 bits per heavy atom. The van der Waals surface area contributed by atoms with Crippen LogP contribution in [0.25, 0.3) is 0 Å². The molecule has 576 valence electrons. The summed E-state index contributed by atoms with van der Waals surface area (Å²) in [4.78, 5) is 72.9. The average molecular weight is 1450 g/mol. The molecule has 3 N–H and O–H groups in total. The molecule has 0 spiro atoms. The van der Waals surface area contributed by atoms with E-state index in [9.17, 15) is 43.2 Å². The summed E-state index contributed by atoms with van der Waals surface area (Å²) in [6.07, 6.45) is 77.9. The molecular formula is C81H140O17P2. The van der Waals surface area contributed by atoms with Crippen molar-refractivity contribution in [3.63, 3.8) is 0 Å². The summed E-state index contributed by atoms with van der Waals surface area (Å²) in [5, 5.41) is 10.6. The van der Waals surface area contributed by atoms with Crippen molar-refractivity contribution in [1.29, 1.82) is 0 Å². The maximum absolute atomic E-state index is 13.1. The van der Waals surface area contributed by atoms with E-state index in [2.05, 4.69) is 137 Å². The van der Waals surface area contributed by atoms with E-state index in [-0.39, 0.29) is 25.7 Å². The number of rotatable bonds is 73. The summed E-state index contributed by atoms with van der Waals surface area (Å²) in [5.74, 6) is -2.24. The zero-order chi connectivity index (χ0) is 73.2. The summed E-state index contributed by atoms with van der Waals surface area (Å²) >= 11 is 0. The number of hydrogen-bond donors (Lipinski definition) is 3. The highest BCUT2D eigenvalue weighted by Crippen LogP contribution is 2.45. The molecule has 0 aromatic heterocycles. The van der Waals surface area contributed by atoms with Crippen molar-refractivity contribution >= 4 is 39.5 Å². The molecule has 0 rings (SSSR count). The van der Waals surface area contributed by atoms with Gasteiger partial charge in [0.25, 0.3) is 0 Å². The van der Waals surface area contributed by atoms with E-state index in [1.165, 1.54) is 70.6 Å². The Morgan fingerprint density at radius 2 is 0.530 bits per heavy atom. The molecule has 0 heterocycles. The molecule has 0 fully saturated rings. The molecule has 5 atom stereocenters. The normalized spacial score (nSPS) is 14.5. The lowest BCUT2D eigenvalue weighted by atomic mass is 10.1. The first kappa shape index (κ1) is 95.7. The van der Waals surface area contributed by atoms with E-state index in [1.54, 1.807) is 0 Å². The van der Waals surface area contributed by atoms with Crippen molar-refractivity contribution in [3.8, 4) is 0 Å². The number of carbonyl (C=O) groups is 4. The predicted octanol–water partition coefficient (Wildman–Crippen LogP) is 22.6. The number of ether oxygens (including phenoxy) is 4. The largest absolute Gasteiger partial charge is 0.472 e. The fourth-order valence-corrected chi connectivity index (χ4v) is 11.8. The predicted molar refractivity (Wildman–Crippen MR) is 408 cm³/mol. The number of unbranched alkanes of at least 4 members (excludes halogenated alkanes) is 29. The molecule has 0 aliphatic rings. The molecule has 0 aliphatic carbocycles. The number of phosphoric ester groups is 2. The van der Waals surface area contributed by atoms with Crippen molar-refractivity contribution in [3.05, 3.63) is 109 Å². The van der Waals surface area contributed by atoms with Crippen LogP contribution in [0.5, 0.6) is 0 Å². The van der Waals surface area contributed by atoms with Crippen LogP contribution in [-0.2, 0) is 65.4 Å². The van der Waals surface area contributed by atoms with Crippen LogP contribution < -0.4 is 0 Å². The van der Waals surface area contributed by atoms with Crippen LogP contribution in [0.3, 0.4) is 0 Å². The summed E-state index contributed by atoms with van der Waals surface area (Å²) in [7, 11) is -9.97. The minimum absolute atomic E-state index is 0.0763. The van der Waals surface area contributed by atoms with Gasteiger partial charge in [0, 0.05) is 25.7 Å². The topological polar surface area (TPSA) is 237 Å². The molecule has 100 heavy (non-hydrogen) atoms. The maximum atomic E-state index is 13.1. The number of carbonyl (C=O) groups excluding carboxylic acids is 4. The third kappa shape index (κ3) is 72.1. The van der Waals surface area contributed by atoms with E-state index in [0.29, 0.717) is 25.7 Å². The van der Waals surface area contributed by atoms with Crippen LogP contribution in [0.2, 0.25) is 0 Å². The number of esters is 4. The van der Waals surface area contributed by atoms with Gasteiger partial charge in [0.05, 0.1) is 26.4 Å². The van der Waals surface area contributed by atoms with Crippen LogP contribution in [0.15, 0.2) is 109 Å². The lowest BCUT2D eigenvalue weighted by Gasteiger charge is -2.21.